The Morgan fingerprint density at radius 1 is 1.04 bits per heavy atom. The Morgan fingerprint density at radius 3 is 2.21 bits per heavy atom. The van der Waals surface area contributed by atoms with Crippen LogP contribution in [-0.4, -0.2) is 28.0 Å². The highest BCUT2D eigenvalue weighted by Crippen LogP contribution is 2.19. The summed E-state index contributed by atoms with van der Waals surface area (Å²) in [6, 6.07) is 8.79. The zero-order chi connectivity index (χ0) is 17.5. The van der Waals surface area contributed by atoms with E-state index >= 15 is 0 Å². The van der Waals surface area contributed by atoms with Gasteiger partial charge in [-0.3, -0.25) is 4.79 Å². The van der Waals surface area contributed by atoms with Gasteiger partial charge >= 0.3 is 0 Å². The number of nitrogens with zero attached hydrogens (tertiary/aromatic N) is 2. The third-order valence-electron chi connectivity index (χ3n) is 3.92. The van der Waals surface area contributed by atoms with Gasteiger partial charge < -0.3 is 10.6 Å². The topological polar surface area (TPSA) is 66.9 Å². The van der Waals surface area contributed by atoms with Gasteiger partial charge in [-0.1, -0.05) is 31.2 Å². The molecule has 0 aliphatic rings. The summed E-state index contributed by atoms with van der Waals surface area (Å²) < 4.78 is 0. The van der Waals surface area contributed by atoms with Crippen LogP contribution < -0.4 is 10.6 Å². The molecule has 1 aromatic carbocycles. The number of nitrogens with one attached hydrogen (secondary N) is 2. The van der Waals surface area contributed by atoms with Crippen molar-refractivity contribution in [3.63, 3.8) is 0 Å². The molecule has 1 heterocycles. The van der Waals surface area contributed by atoms with E-state index in [0.29, 0.717) is 12.0 Å². The van der Waals surface area contributed by atoms with Crippen LogP contribution in [0.25, 0.3) is 11.1 Å². The lowest BCUT2D eigenvalue weighted by atomic mass is 10.0. The van der Waals surface area contributed by atoms with Gasteiger partial charge in [-0.25, -0.2) is 9.97 Å². The van der Waals surface area contributed by atoms with Crippen LogP contribution in [0.5, 0.6) is 0 Å². The molecule has 2 aromatic rings. The standard InChI is InChI=1S/C19H26N4O/c1-5-13(2)23-19-20-11-18(12-21-19)17-8-6-16(7-9-17)10-14(3)22-15(4)24/h6-9,11-14H,5,10H2,1-4H3,(H,22,24)(H,20,21,23). The smallest absolute Gasteiger partial charge is 0.222 e. The normalized spacial score (nSPS) is 13.2. The van der Waals surface area contributed by atoms with Crippen LogP contribution in [0.4, 0.5) is 5.95 Å². The molecule has 0 spiro atoms. The van der Waals surface area contributed by atoms with Crippen molar-refractivity contribution in [1.82, 2.24) is 15.3 Å². The molecule has 0 saturated carbocycles. The van der Waals surface area contributed by atoms with Gasteiger partial charge in [0.15, 0.2) is 0 Å². The maximum absolute atomic E-state index is 11.1. The monoisotopic (exact) mass is 326 g/mol. The molecule has 24 heavy (non-hydrogen) atoms. The van der Waals surface area contributed by atoms with Crippen molar-refractivity contribution in [3.8, 4) is 11.1 Å². The number of rotatable bonds is 7. The van der Waals surface area contributed by atoms with Crippen molar-refractivity contribution in [2.75, 3.05) is 5.32 Å². The van der Waals surface area contributed by atoms with Gasteiger partial charge in [-0.15, -0.1) is 0 Å². The number of benzene rings is 1. The van der Waals surface area contributed by atoms with Gasteiger partial charge in [0.1, 0.15) is 0 Å². The predicted molar refractivity (Wildman–Crippen MR) is 97.8 cm³/mol. The average Bonchev–Trinajstić information content (AvgIpc) is 2.55. The fourth-order valence-corrected chi connectivity index (χ4v) is 2.46. The van der Waals surface area contributed by atoms with E-state index in [2.05, 4.69) is 58.7 Å². The minimum Gasteiger partial charge on any atom is -0.354 e. The van der Waals surface area contributed by atoms with Crippen molar-refractivity contribution in [3.05, 3.63) is 42.2 Å². The SMILES string of the molecule is CCC(C)Nc1ncc(-c2ccc(CC(C)NC(C)=O)cc2)cn1. The lowest BCUT2D eigenvalue weighted by Crippen LogP contribution is -2.31. The van der Waals surface area contributed by atoms with E-state index in [-0.39, 0.29) is 11.9 Å². The Bertz CT molecular complexity index is 652. The van der Waals surface area contributed by atoms with Gasteiger partial charge in [-0.2, -0.15) is 0 Å². The zero-order valence-corrected chi connectivity index (χ0v) is 14.8. The molecule has 1 aromatic heterocycles. The average molecular weight is 326 g/mol. The highest BCUT2D eigenvalue weighted by molar-refractivity contribution is 5.73. The minimum absolute atomic E-state index is 0.00218. The molecule has 0 aliphatic heterocycles. The van der Waals surface area contributed by atoms with Crippen molar-refractivity contribution >= 4 is 11.9 Å². The predicted octanol–water partition coefficient (Wildman–Crippen LogP) is 3.42. The Morgan fingerprint density at radius 2 is 1.67 bits per heavy atom. The number of amides is 1. The quantitative estimate of drug-likeness (QED) is 0.818. The van der Waals surface area contributed by atoms with Crippen LogP contribution in [0.1, 0.15) is 39.7 Å². The van der Waals surface area contributed by atoms with Crippen LogP contribution in [0.3, 0.4) is 0 Å². The molecule has 0 saturated heterocycles. The van der Waals surface area contributed by atoms with Gasteiger partial charge in [0.25, 0.3) is 0 Å². The van der Waals surface area contributed by atoms with Crippen molar-refractivity contribution in [2.45, 2.75) is 52.6 Å². The van der Waals surface area contributed by atoms with E-state index in [9.17, 15) is 4.79 Å². The van der Waals surface area contributed by atoms with Crippen molar-refractivity contribution < 1.29 is 4.79 Å². The largest absolute Gasteiger partial charge is 0.354 e. The fourth-order valence-electron chi connectivity index (χ4n) is 2.46. The van der Waals surface area contributed by atoms with Crippen molar-refractivity contribution in [2.24, 2.45) is 0 Å². The summed E-state index contributed by atoms with van der Waals surface area (Å²) in [6.45, 7) is 7.78. The maximum atomic E-state index is 11.1. The lowest BCUT2D eigenvalue weighted by molar-refractivity contribution is -0.119. The summed E-state index contributed by atoms with van der Waals surface area (Å²) in [5.74, 6) is 0.663. The van der Waals surface area contributed by atoms with E-state index in [0.717, 1.165) is 24.0 Å². The van der Waals surface area contributed by atoms with Crippen molar-refractivity contribution in [1.29, 1.82) is 0 Å². The molecular formula is C19H26N4O. The van der Waals surface area contributed by atoms with E-state index in [1.807, 2.05) is 19.3 Å². The highest BCUT2D eigenvalue weighted by Gasteiger charge is 2.06. The van der Waals surface area contributed by atoms with E-state index in [1.54, 1.807) is 6.92 Å². The van der Waals surface area contributed by atoms with Crippen LogP contribution >= 0.6 is 0 Å². The molecule has 2 unspecified atom stereocenters. The Kier molecular flexibility index (Phi) is 6.29. The van der Waals surface area contributed by atoms with E-state index < -0.39 is 0 Å². The number of carbonyl (C=O) groups is 1. The summed E-state index contributed by atoms with van der Waals surface area (Å²) in [5.41, 5.74) is 3.27. The van der Waals surface area contributed by atoms with Crippen LogP contribution in [0.2, 0.25) is 0 Å². The zero-order valence-electron chi connectivity index (χ0n) is 14.8. The molecule has 128 valence electrons. The molecule has 0 radical (unpaired) electrons. The number of hydrogen-bond acceptors (Lipinski definition) is 4. The van der Waals surface area contributed by atoms with Crippen LogP contribution in [0.15, 0.2) is 36.7 Å². The molecule has 1 amide bonds. The van der Waals surface area contributed by atoms with E-state index in [1.165, 1.54) is 5.56 Å². The second-order valence-electron chi connectivity index (χ2n) is 6.25. The molecule has 5 nitrogen and oxygen atoms in total. The van der Waals surface area contributed by atoms with Gasteiger partial charge in [0.2, 0.25) is 11.9 Å². The summed E-state index contributed by atoms with van der Waals surface area (Å²) in [4.78, 5) is 19.8. The molecule has 0 aliphatic carbocycles. The van der Waals surface area contributed by atoms with E-state index in [4.69, 9.17) is 0 Å². The number of anilines is 1. The lowest BCUT2D eigenvalue weighted by Gasteiger charge is -2.13. The molecule has 0 bridgehead atoms. The third kappa shape index (κ3) is 5.33. The first-order valence-corrected chi connectivity index (χ1v) is 8.43. The Labute approximate surface area is 143 Å². The summed E-state index contributed by atoms with van der Waals surface area (Å²) in [7, 11) is 0. The molecule has 0 fully saturated rings. The maximum Gasteiger partial charge on any atom is 0.222 e. The summed E-state index contributed by atoms with van der Waals surface area (Å²) in [6.07, 6.45) is 5.52. The Hall–Kier alpha value is -2.43. The van der Waals surface area contributed by atoms with Gasteiger partial charge in [0, 0.05) is 37.0 Å². The Balaban J connectivity index is 2.01. The van der Waals surface area contributed by atoms with Gasteiger partial charge in [-0.05, 0) is 37.8 Å². The molecule has 2 rings (SSSR count). The highest BCUT2D eigenvalue weighted by atomic mass is 16.1. The van der Waals surface area contributed by atoms with Crippen LogP contribution in [0, 0.1) is 0 Å². The first-order chi connectivity index (χ1) is 11.5. The number of aromatic nitrogens is 2. The van der Waals surface area contributed by atoms with Gasteiger partial charge in [0.05, 0.1) is 0 Å². The first kappa shape index (κ1) is 17.9. The molecule has 2 atom stereocenters. The summed E-state index contributed by atoms with van der Waals surface area (Å²) >= 11 is 0. The first-order valence-electron chi connectivity index (χ1n) is 8.43. The second kappa shape index (κ2) is 8.43. The summed E-state index contributed by atoms with van der Waals surface area (Å²) in [5, 5.41) is 6.16. The number of hydrogen-bond donors (Lipinski definition) is 2. The fraction of sp³-hybridized carbons (Fsp3) is 0.421. The second-order valence-corrected chi connectivity index (χ2v) is 6.25. The molecular weight excluding hydrogens is 300 g/mol. The minimum atomic E-state index is 0.00218. The third-order valence-corrected chi connectivity index (χ3v) is 3.92. The number of carbonyl (C=O) groups excluding carboxylic acids is 1. The molecule has 5 heteroatoms. The molecule has 2 N–H and O–H groups in total. The van der Waals surface area contributed by atoms with Crippen LogP contribution in [-0.2, 0) is 11.2 Å².